The van der Waals surface area contributed by atoms with Crippen molar-refractivity contribution in [3.63, 3.8) is 0 Å². The smallest absolute Gasteiger partial charge is 0.322 e. The van der Waals surface area contributed by atoms with E-state index in [0.29, 0.717) is 23.9 Å². The third-order valence-corrected chi connectivity index (χ3v) is 7.54. The molecule has 0 radical (unpaired) electrons. The highest BCUT2D eigenvalue weighted by atomic mass is 35.5. The van der Waals surface area contributed by atoms with E-state index in [-0.39, 0.29) is 11.4 Å². The van der Waals surface area contributed by atoms with E-state index >= 15 is 0 Å². The molecule has 188 valence electrons. The summed E-state index contributed by atoms with van der Waals surface area (Å²) in [5.74, 6) is 0. The highest BCUT2D eigenvalue weighted by Gasteiger charge is 2.47. The van der Waals surface area contributed by atoms with Crippen LogP contribution in [0.15, 0.2) is 60.8 Å². The lowest BCUT2D eigenvalue weighted by atomic mass is 9.76. The van der Waals surface area contributed by atoms with Gasteiger partial charge in [0.2, 0.25) is 0 Å². The number of nitrogens with zero attached hydrogens (tertiary/aromatic N) is 5. The first kappa shape index (κ1) is 25.2. The van der Waals surface area contributed by atoms with E-state index < -0.39 is 0 Å². The summed E-state index contributed by atoms with van der Waals surface area (Å²) in [5.41, 5.74) is 3.73. The zero-order valence-corrected chi connectivity index (χ0v) is 21.7. The lowest BCUT2D eigenvalue weighted by Gasteiger charge is -2.38. The molecule has 1 aromatic carbocycles. The number of hydrogen-bond acceptors (Lipinski definition) is 5. The van der Waals surface area contributed by atoms with Gasteiger partial charge in [0.05, 0.1) is 11.4 Å². The summed E-state index contributed by atoms with van der Waals surface area (Å²) < 4.78 is 0. The zero-order valence-electron chi connectivity index (χ0n) is 20.2. The van der Waals surface area contributed by atoms with Crippen molar-refractivity contribution in [3.8, 4) is 6.07 Å². The summed E-state index contributed by atoms with van der Waals surface area (Å²) in [6, 6.07) is 16.8. The Balaban J connectivity index is 1.27. The molecule has 2 aliphatic rings. The van der Waals surface area contributed by atoms with Gasteiger partial charge in [0.1, 0.15) is 16.9 Å². The molecule has 0 saturated carbocycles. The number of hydrogen-bond donors (Lipinski definition) is 1. The lowest BCUT2D eigenvalue weighted by molar-refractivity contribution is 0.177. The largest absolute Gasteiger partial charge is 0.334 e. The molecule has 0 bridgehead atoms. The molecule has 2 aromatic heterocycles. The van der Waals surface area contributed by atoms with Crippen LogP contribution < -0.4 is 10.2 Å². The number of piperidine rings is 1. The molecule has 0 unspecified atom stereocenters. The Morgan fingerprint density at radius 2 is 1.92 bits per heavy atom. The number of pyridine rings is 2. The number of amides is 2. The van der Waals surface area contributed by atoms with Gasteiger partial charge in [0, 0.05) is 36.3 Å². The highest BCUT2D eigenvalue weighted by molar-refractivity contribution is 6.30. The molecule has 1 saturated heterocycles. The van der Waals surface area contributed by atoms with Gasteiger partial charge in [0.15, 0.2) is 0 Å². The third kappa shape index (κ3) is 5.62. The molecular weight excluding hydrogens is 507 g/mol. The van der Waals surface area contributed by atoms with Gasteiger partial charge in [-0.2, -0.15) is 5.26 Å². The van der Waals surface area contributed by atoms with E-state index in [9.17, 15) is 10.1 Å². The van der Waals surface area contributed by atoms with E-state index in [1.165, 1.54) is 0 Å². The molecule has 9 heteroatoms. The molecule has 1 fully saturated rings. The SMILES string of the molecule is N#Cc1ccc2c(n1)C1(CCN(CC=Cc3ccc(Cl)cc3)CC1)CN2C(=O)NCc1ccnc(Cl)c1. The minimum atomic E-state index is -0.268. The maximum atomic E-state index is 13.3. The van der Waals surface area contributed by atoms with Crippen molar-refractivity contribution in [2.45, 2.75) is 24.8 Å². The van der Waals surface area contributed by atoms with Crippen LogP contribution in [0.3, 0.4) is 0 Å². The number of aromatic nitrogens is 2. The van der Waals surface area contributed by atoms with Crippen molar-refractivity contribution in [1.82, 2.24) is 20.2 Å². The molecule has 1 spiro atoms. The highest BCUT2D eigenvalue weighted by Crippen LogP contribution is 2.46. The normalized spacial score (nSPS) is 16.6. The fraction of sp³-hybridized carbons (Fsp3) is 0.286. The number of fused-ring (bicyclic) bond motifs is 2. The number of anilines is 1. The van der Waals surface area contributed by atoms with E-state index in [4.69, 9.17) is 28.2 Å². The molecule has 3 aromatic rings. The standard InChI is InChI=1S/C28H26Cl2N6O/c29-22-5-3-20(4-6-22)2-1-13-35-14-10-28(11-15-35)19-36(24-8-7-23(17-31)34-26(24)28)27(37)33-18-21-9-12-32-25(30)16-21/h1-9,12,16H,10-11,13-15,18-19H2,(H,33,37). The molecule has 2 aliphatic heterocycles. The van der Waals surface area contributed by atoms with E-state index in [1.54, 1.807) is 23.2 Å². The van der Waals surface area contributed by atoms with Gasteiger partial charge in [-0.15, -0.1) is 0 Å². The van der Waals surface area contributed by atoms with Crippen molar-refractivity contribution >= 4 is 41.0 Å². The summed E-state index contributed by atoms with van der Waals surface area (Å²) >= 11 is 12.0. The average molecular weight is 533 g/mol. The third-order valence-electron chi connectivity index (χ3n) is 7.08. The molecule has 0 atom stereocenters. The van der Waals surface area contributed by atoms with Gasteiger partial charge in [-0.3, -0.25) is 9.80 Å². The van der Waals surface area contributed by atoms with Crippen LogP contribution in [0.25, 0.3) is 6.08 Å². The first-order valence-electron chi connectivity index (χ1n) is 12.2. The van der Waals surface area contributed by atoms with Gasteiger partial charge in [-0.25, -0.2) is 14.8 Å². The summed E-state index contributed by atoms with van der Waals surface area (Å²) in [6.07, 6.45) is 7.62. The number of urea groups is 1. The van der Waals surface area contributed by atoms with Crippen molar-refractivity contribution in [2.75, 3.05) is 31.1 Å². The van der Waals surface area contributed by atoms with Crippen LogP contribution in [0, 0.1) is 11.3 Å². The number of nitrogens with one attached hydrogen (secondary N) is 1. The number of benzene rings is 1. The minimum Gasteiger partial charge on any atom is -0.334 e. The zero-order chi connectivity index (χ0) is 25.8. The second-order valence-electron chi connectivity index (χ2n) is 9.44. The van der Waals surface area contributed by atoms with Gasteiger partial charge < -0.3 is 5.32 Å². The van der Waals surface area contributed by atoms with E-state index in [0.717, 1.165) is 60.0 Å². The van der Waals surface area contributed by atoms with Crippen molar-refractivity contribution in [3.05, 3.63) is 93.5 Å². The van der Waals surface area contributed by atoms with Crippen LogP contribution in [0.4, 0.5) is 10.5 Å². The maximum Gasteiger partial charge on any atom is 0.322 e. The number of halogens is 2. The second kappa shape index (κ2) is 10.9. The van der Waals surface area contributed by atoms with Gasteiger partial charge in [-0.1, -0.05) is 47.5 Å². The Morgan fingerprint density at radius 3 is 2.65 bits per heavy atom. The Bertz CT molecular complexity index is 1360. The Hall–Kier alpha value is -3.44. The number of likely N-dealkylation sites (tertiary alicyclic amines) is 1. The van der Waals surface area contributed by atoms with Gasteiger partial charge >= 0.3 is 6.03 Å². The van der Waals surface area contributed by atoms with Crippen molar-refractivity contribution in [1.29, 1.82) is 5.26 Å². The van der Waals surface area contributed by atoms with Crippen LogP contribution in [-0.2, 0) is 12.0 Å². The molecule has 7 nitrogen and oxygen atoms in total. The molecule has 2 amide bonds. The first-order chi connectivity index (χ1) is 18.0. The topological polar surface area (TPSA) is 85.2 Å². The number of carbonyl (C=O) groups is 1. The molecule has 1 N–H and O–H groups in total. The molecule has 0 aliphatic carbocycles. The van der Waals surface area contributed by atoms with Gasteiger partial charge in [0.25, 0.3) is 0 Å². The van der Waals surface area contributed by atoms with Crippen LogP contribution in [0.2, 0.25) is 10.2 Å². The predicted molar refractivity (Wildman–Crippen MR) is 146 cm³/mol. The second-order valence-corrected chi connectivity index (χ2v) is 10.3. The number of carbonyl (C=O) groups excluding carboxylic acids is 1. The molecular formula is C28H26Cl2N6O. The minimum absolute atomic E-state index is 0.189. The van der Waals surface area contributed by atoms with Crippen LogP contribution in [0.5, 0.6) is 0 Å². The van der Waals surface area contributed by atoms with Crippen molar-refractivity contribution in [2.24, 2.45) is 0 Å². The Morgan fingerprint density at radius 1 is 1.14 bits per heavy atom. The number of rotatable bonds is 5. The quantitative estimate of drug-likeness (QED) is 0.442. The Kier molecular flexibility index (Phi) is 7.43. The first-order valence-corrected chi connectivity index (χ1v) is 12.9. The summed E-state index contributed by atoms with van der Waals surface area (Å²) in [7, 11) is 0. The Labute approximate surface area is 226 Å². The predicted octanol–water partition coefficient (Wildman–Crippen LogP) is 5.43. The van der Waals surface area contributed by atoms with E-state index in [1.807, 2.05) is 36.4 Å². The fourth-order valence-electron chi connectivity index (χ4n) is 5.06. The summed E-state index contributed by atoms with van der Waals surface area (Å²) in [4.78, 5) is 26.1. The average Bonchev–Trinajstić information content (AvgIpc) is 3.23. The van der Waals surface area contributed by atoms with Crippen molar-refractivity contribution < 1.29 is 4.79 Å². The van der Waals surface area contributed by atoms with Crippen LogP contribution in [-0.4, -0.2) is 47.1 Å². The molecule has 37 heavy (non-hydrogen) atoms. The van der Waals surface area contributed by atoms with E-state index in [2.05, 4.69) is 33.4 Å². The number of nitriles is 1. The van der Waals surface area contributed by atoms with Crippen LogP contribution >= 0.6 is 23.2 Å². The maximum absolute atomic E-state index is 13.3. The van der Waals surface area contributed by atoms with Gasteiger partial charge in [-0.05, 0) is 73.5 Å². The summed E-state index contributed by atoms with van der Waals surface area (Å²) in [6.45, 7) is 3.50. The van der Waals surface area contributed by atoms with Crippen LogP contribution in [0.1, 0.15) is 35.4 Å². The molecule has 4 heterocycles. The monoisotopic (exact) mass is 532 g/mol. The lowest BCUT2D eigenvalue weighted by Crippen LogP contribution is -2.47. The summed E-state index contributed by atoms with van der Waals surface area (Å²) in [5, 5.41) is 13.6. The molecule has 5 rings (SSSR count). The fourth-order valence-corrected chi connectivity index (χ4v) is 5.38.